The fourth-order valence-electron chi connectivity index (χ4n) is 8.72. The average Bonchev–Trinajstić information content (AvgIpc) is 3.77. The number of pyridine rings is 2. The number of nitrogens with one attached hydrogen (secondary N) is 2. The normalized spacial score (nSPS) is 18.0. The van der Waals surface area contributed by atoms with Crippen molar-refractivity contribution < 1.29 is 29.2 Å². The molecule has 1 amide bonds. The predicted molar refractivity (Wildman–Crippen MR) is 220 cm³/mol. The van der Waals surface area contributed by atoms with Crippen LogP contribution in [0.25, 0.3) is 10.9 Å². The standard InChI is InChI=1S/C44H58N6O7/c1-55-35-13-18-46-40(28-35)49-23-26-57-44(31-49)16-20-48(21-17-44)30-33-6-4-5-32(27-33)14-24-56-25-15-42(54)50(34-7-2-3-8-34)22-19-45-29-39(52)36-9-11-38(51)43-37(36)10-12-41(53)47-43/h4-6,9-13,18,27-28,34,39,45,51-52H,2-3,7-8,14-17,19-26,29-31H2,1H3,(H,47,53)/t39-/m0/s1. The lowest BCUT2D eigenvalue weighted by Crippen LogP contribution is -2.57. The molecular weight excluding hydrogens is 725 g/mol. The summed E-state index contributed by atoms with van der Waals surface area (Å²) in [7, 11) is 1.69. The minimum absolute atomic E-state index is 0.0411. The van der Waals surface area contributed by atoms with Gasteiger partial charge in [-0.3, -0.25) is 14.5 Å². The van der Waals surface area contributed by atoms with Crippen LogP contribution in [0.3, 0.4) is 0 Å². The molecule has 0 bridgehead atoms. The quantitative estimate of drug-likeness (QED) is 0.112. The number of nitrogens with zero attached hydrogens (tertiary/aromatic N) is 4. The minimum Gasteiger partial charge on any atom is -0.506 e. The summed E-state index contributed by atoms with van der Waals surface area (Å²) in [6, 6.07) is 19.0. The van der Waals surface area contributed by atoms with Crippen molar-refractivity contribution >= 4 is 22.6 Å². The molecule has 1 aliphatic carbocycles. The maximum atomic E-state index is 13.5. The van der Waals surface area contributed by atoms with E-state index in [9.17, 15) is 19.8 Å². The molecule has 0 radical (unpaired) electrons. The van der Waals surface area contributed by atoms with E-state index in [0.29, 0.717) is 55.8 Å². The molecule has 2 aromatic carbocycles. The Labute approximate surface area is 334 Å². The Morgan fingerprint density at radius 3 is 2.72 bits per heavy atom. The smallest absolute Gasteiger partial charge is 0.248 e. The van der Waals surface area contributed by atoms with Crippen LogP contribution < -0.4 is 20.5 Å². The molecule has 1 saturated carbocycles. The highest BCUT2D eigenvalue weighted by atomic mass is 16.5. The van der Waals surface area contributed by atoms with Crippen LogP contribution in [0.4, 0.5) is 5.82 Å². The fourth-order valence-corrected chi connectivity index (χ4v) is 8.72. The molecule has 4 heterocycles. The molecule has 7 rings (SSSR count). The first kappa shape index (κ1) is 40.7. The number of likely N-dealkylation sites (tertiary alicyclic amines) is 1. The second kappa shape index (κ2) is 19.3. The number of phenols is 1. The van der Waals surface area contributed by atoms with Crippen LogP contribution in [-0.4, -0.2) is 120 Å². The Morgan fingerprint density at radius 1 is 1.07 bits per heavy atom. The number of aromatic nitrogens is 2. The van der Waals surface area contributed by atoms with Gasteiger partial charge in [0.1, 0.15) is 17.3 Å². The third kappa shape index (κ3) is 10.5. The van der Waals surface area contributed by atoms with E-state index in [-0.39, 0.29) is 35.4 Å². The van der Waals surface area contributed by atoms with E-state index in [0.717, 1.165) is 89.2 Å². The zero-order valence-electron chi connectivity index (χ0n) is 33.2. The number of aromatic amines is 1. The van der Waals surface area contributed by atoms with Gasteiger partial charge in [0.25, 0.3) is 0 Å². The summed E-state index contributed by atoms with van der Waals surface area (Å²) in [6.07, 6.45) is 8.33. The number of methoxy groups -OCH3 is 1. The molecule has 3 aliphatic rings. The summed E-state index contributed by atoms with van der Waals surface area (Å²) in [4.78, 5) is 39.3. The molecule has 4 N–H and O–H groups in total. The topological polar surface area (TPSA) is 153 Å². The van der Waals surface area contributed by atoms with Gasteiger partial charge in [0.2, 0.25) is 11.5 Å². The monoisotopic (exact) mass is 782 g/mol. The molecule has 57 heavy (non-hydrogen) atoms. The molecule has 4 aromatic rings. The van der Waals surface area contributed by atoms with Gasteiger partial charge in [-0.1, -0.05) is 43.2 Å². The second-order valence-electron chi connectivity index (χ2n) is 15.7. The minimum atomic E-state index is -0.853. The highest BCUT2D eigenvalue weighted by molar-refractivity contribution is 5.87. The molecule has 13 heteroatoms. The number of morpholine rings is 1. The number of hydrogen-bond acceptors (Lipinski definition) is 11. The maximum Gasteiger partial charge on any atom is 0.248 e. The SMILES string of the molecule is COc1ccnc(N2CCOC3(CCN(Cc4cccc(CCOCCC(=O)N(CCNC[C@H](O)c5ccc(O)c6[nH]c(=O)ccc56)C5CCCC5)c4)CC3)C2)c1. The largest absolute Gasteiger partial charge is 0.506 e. The van der Waals surface area contributed by atoms with E-state index in [2.05, 4.69) is 49.4 Å². The number of piperidine rings is 1. The van der Waals surface area contributed by atoms with Crippen LogP contribution in [0.5, 0.6) is 11.5 Å². The van der Waals surface area contributed by atoms with Crippen LogP contribution in [0.2, 0.25) is 0 Å². The number of anilines is 1. The molecule has 2 aromatic heterocycles. The van der Waals surface area contributed by atoms with Gasteiger partial charge < -0.3 is 44.5 Å². The van der Waals surface area contributed by atoms with Crippen molar-refractivity contribution in [1.29, 1.82) is 0 Å². The molecular formula is C44H58N6O7. The highest BCUT2D eigenvalue weighted by Crippen LogP contribution is 2.33. The first-order chi connectivity index (χ1) is 27.8. The van der Waals surface area contributed by atoms with E-state index >= 15 is 0 Å². The van der Waals surface area contributed by atoms with E-state index in [4.69, 9.17) is 14.2 Å². The lowest BCUT2D eigenvalue weighted by Gasteiger charge is -2.47. The van der Waals surface area contributed by atoms with E-state index < -0.39 is 6.10 Å². The number of aromatic hydroxyl groups is 1. The number of phenolic OH excluding ortho intramolecular Hbond substituents is 1. The molecule has 2 aliphatic heterocycles. The lowest BCUT2D eigenvalue weighted by atomic mass is 9.89. The van der Waals surface area contributed by atoms with Gasteiger partial charge in [0, 0.05) is 82.1 Å². The number of aliphatic hydroxyl groups is 1. The van der Waals surface area contributed by atoms with Gasteiger partial charge in [-0.15, -0.1) is 0 Å². The number of hydrogen-bond donors (Lipinski definition) is 4. The summed E-state index contributed by atoms with van der Waals surface area (Å²) < 4.78 is 17.9. The predicted octanol–water partition coefficient (Wildman–Crippen LogP) is 4.55. The average molecular weight is 783 g/mol. The lowest BCUT2D eigenvalue weighted by molar-refractivity contribution is -0.134. The second-order valence-corrected chi connectivity index (χ2v) is 15.7. The highest BCUT2D eigenvalue weighted by Gasteiger charge is 2.40. The first-order valence-corrected chi connectivity index (χ1v) is 20.6. The molecule has 1 spiro atoms. The molecule has 1 atom stereocenters. The Hall–Kier alpha value is -4.53. The first-order valence-electron chi connectivity index (χ1n) is 20.6. The van der Waals surface area contributed by atoms with Crippen LogP contribution in [0, 0.1) is 0 Å². The number of fused-ring (bicyclic) bond motifs is 1. The van der Waals surface area contributed by atoms with E-state index in [1.165, 1.54) is 23.3 Å². The van der Waals surface area contributed by atoms with Crippen LogP contribution >= 0.6 is 0 Å². The van der Waals surface area contributed by atoms with Crippen LogP contribution in [-0.2, 0) is 27.2 Å². The summed E-state index contributed by atoms with van der Waals surface area (Å²) in [5.74, 6) is 1.83. The number of carbonyl (C=O) groups is 1. The summed E-state index contributed by atoms with van der Waals surface area (Å²) in [5, 5.41) is 25.0. The van der Waals surface area contributed by atoms with E-state index in [1.54, 1.807) is 25.4 Å². The third-order valence-corrected chi connectivity index (χ3v) is 11.9. The van der Waals surface area contributed by atoms with Crippen molar-refractivity contribution in [3.63, 3.8) is 0 Å². The molecule has 0 unspecified atom stereocenters. The Kier molecular flexibility index (Phi) is 13.8. The number of benzene rings is 2. The fraction of sp³-hybridized carbons (Fsp3) is 0.523. The number of rotatable bonds is 17. The molecule has 3 fully saturated rings. The summed E-state index contributed by atoms with van der Waals surface area (Å²) in [5.41, 5.74) is 2.99. The van der Waals surface area contributed by atoms with Gasteiger partial charge in [-0.05, 0) is 67.0 Å². The van der Waals surface area contributed by atoms with E-state index in [1.807, 2.05) is 17.0 Å². The Bertz CT molecular complexity index is 1990. The van der Waals surface area contributed by atoms with Gasteiger partial charge in [0.05, 0.1) is 50.6 Å². The summed E-state index contributed by atoms with van der Waals surface area (Å²) in [6.45, 7) is 7.55. The van der Waals surface area contributed by atoms with Gasteiger partial charge in [-0.25, -0.2) is 4.98 Å². The van der Waals surface area contributed by atoms with Crippen molar-refractivity contribution in [2.75, 3.05) is 77.6 Å². The molecule has 2 saturated heterocycles. The number of carbonyl (C=O) groups excluding carboxylic acids is 1. The van der Waals surface area contributed by atoms with Crippen LogP contribution in [0.1, 0.15) is 67.7 Å². The maximum absolute atomic E-state index is 13.5. The van der Waals surface area contributed by atoms with Crippen LogP contribution in [0.15, 0.2) is 71.7 Å². The zero-order valence-corrected chi connectivity index (χ0v) is 33.2. The van der Waals surface area contributed by atoms with Crippen molar-refractivity contribution in [3.8, 4) is 11.5 Å². The summed E-state index contributed by atoms with van der Waals surface area (Å²) >= 11 is 0. The number of amides is 1. The number of H-pyrrole nitrogens is 1. The Morgan fingerprint density at radius 2 is 1.89 bits per heavy atom. The van der Waals surface area contributed by atoms with Gasteiger partial charge >= 0.3 is 0 Å². The van der Waals surface area contributed by atoms with Gasteiger partial charge in [0.15, 0.2) is 0 Å². The third-order valence-electron chi connectivity index (χ3n) is 11.9. The van der Waals surface area contributed by atoms with Crippen molar-refractivity contribution in [2.24, 2.45) is 0 Å². The van der Waals surface area contributed by atoms with Gasteiger partial charge in [-0.2, -0.15) is 0 Å². The molecule has 13 nitrogen and oxygen atoms in total. The number of ether oxygens (including phenoxy) is 3. The van der Waals surface area contributed by atoms with Crippen molar-refractivity contribution in [2.45, 2.75) is 75.7 Å². The van der Waals surface area contributed by atoms with Crippen molar-refractivity contribution in [3.05, 3.63) is 93.9 Å². The Balaban J connectivity index is 0.819. The van der Waals surface area contributed by atoms with Crippen molar-refractivity contribution in [1.82, 2.24) is 25.1 Å². The number of aliphatic hydroxyl groups excluding tert-OH is 1. The zero-order chi connectivity index (χ0) is 39.6. The molecule has 306 valence electrons.